The summed E-state index contributed by atoms with van der Waals surface area (Å²) in [5.41, 5.74) is -0.146. The summed E-state index contributed by atoms with van der Waals surface area (Å²) in [6.45, 7) is 7.16. The van der Waals surface area contributed by atoms with Crippen LogP contribution < -0.4 is 0 Å². The zero-order valence-electron chi connectivity index (χ0n) is 11.9. The van der Waals surface area contributed by atoms with Crippen molar-refractivity contribution < 1.29 is 19.2 Å². The fourth-order valence-electron chi connectivity index (χ4n) is 1.77. The van der Waals surface area contributed by atoms with Gasteiger partial charge in [-0.15, -0.1) is 0 Å². The van der Waals surface area contributed by atoms with Crippen LogP contribution in [0, 0.1) is 10.1 Å². The largest absolute Gasteiger partial charge is 0.460 e. The lowest BCUT2D eigenvalue weighted by atomic mass is 9.85. The van der Waals surface area contributed by atoms with Crippen molar-refractivity contribution in [2.45, 2.75) is 33.1 Å². The Morgan fingerprint density at radius 3 is 2.35 bits per heavy atom. The summed E-state index contributed by atoms with van der Waals surface area (Å²) in [5, 5.41) is 11.1. The molecule has 1 aromatic rings. The quantitative estimate of drug-likeness (QED) is 0.278. The molecular formula is C14H17NO5. The van der Waals surface area contributed by atoms with Crippen LogP contribution >= 0.6 is 0 Å². The first-order valence-corrected chi connectivity index (χ1v) is 6.18. The molecule has 0 aliphatic heterocycles. The second-order valence-corrected chi connectivity index (χ2v) is 5.29. The molecule has 0 unspecified atom stereocenters. The molecule has 0 fully saturated rings. The number of esters is 1. The van der Waals surface area contributed by atoms with Crippen molar-refractivity contribution in [3.8, 4) is 0 Å². The molecule has 6 nitrogen and oxygen atoms in total. The lowest BCUT2D eigenvalue weighted by Crippen LogP contribution is -2.19. The lowest BCUT2D eigenvalue weighted by Gasteiger charge is -2.19. The van der Waals surface area contributed by atoms with Crippen LogP contribution in [0.25, 0.3) is 0 Å². The van der Waals surface area contributed by atoms with Gasteiger partial charge >= 0.3 is 5.97 Å². The fraction of sp³-hybridized carbons (Fsp3) is 0.429. The molecule has 0 saturated heterocycles. The molecule has 1 rings (SSSR count). The highest BCUT2D eigenvalue weighted by molar-refractivity contribution is 6.40. The highest BCUT2D eigenvalue weighted by Gasteiger charge is 2.27. The minimum absolute atomic E-state index is 0.0387. The Bertz CT molecular complexity index is 557. The Kier molecular flexibility index (Phi) is 4.60. The van der Waals surface area contributed by atoms with E-state index in [1.807, 2.05) is 20.8 Å². The first-order valence-electron chi connectivity index (χ1n) is 6.18. The minimum atomic E-state index is -1.01. The van der Waals surface area contributed by atoms with Gasteiger partial charge in [0.05, 0.1) is 11.5 Å². The predicted octanol–water partition coefficient (Wildman–Crippen LogP) is 2.64. The van der Waals surface area contributed by atoms with Crippen LogP contribution in [-0.2, 0) is 14.9 Å². The van der Waals surface area contributed by atoms with Crippen LogP contribution in [0.2, 0.25) is 0 Å². The number of benzene rings is 1. The number of carbonyl (C=O) groups excluding carboxylic acids is 2. The third kappa shape index (κ3) is 3.40. The number of hydrogen-bond donors (Lipinski definition) is 0. The Hall–Kier alpha value is -2.24. The van der Waals surface area contributed by atoms with Gasteiger partial charge in [0.25, 0.3) is 11.5 Å². The standard InChI is InChI=1S/C14H17NO5/c1-5-20-13(17)12(16)9-6-7-10(14(2,3)4)11(8-9)15(18)19/h6-8H,5H2,1-4H3. The predicted molar refractivity (Wildman–Crippen MR) is 72.8 cm³/mol. The maximum Gasteiger partial charge on any atom is 0.379 e. The molecule has 0 atom stereocenters. The van der Waals surface area contributed by atoms with Crippen LogP contribution in [0.5, 0.6) is 0 Å². The summed E-state index contributed by atoms with van der Waals surface area (Å²) < 4.78 is 4.60. The number of ketones is 1. The van der Waals surface area contributed by atoms with E-state index in [-0.39, 0.29) is 17.9 Å². The molecule has 0 radical (unpaired) electrons. The average molecular weight is 279 g/mol. The van der Waals surface area contributed by atoms with Crippen LogP contribution in [0.4, 0.5) is 5.69 Å². The van der Waals surface area contributed by atoms with Crippen LogP contribution in [0.1, 0.15) is 43.6 Å². The molecule has 0 aromatic heterocycles. The number of hydrogen-bond acceptors (Lipinski definition) is 5. The van der Waals surface area contributed by atoms with Crippen molar-refractivity contribution in [2.24, 2.45) is 0 Å². The second kappa shape index (κ2) is 5.81. The number of nitro groups is 1. The maximum absolute atomic E-state index is 11.8. The second-order valence-electron chi connectivity index (χ2n) is 5.29. The molecule has 20 heavy (non-hydrogen) atoms. The smallest absolute Gasteiger partial charge is 0.379 e. The SMILES string of the molecule is CCOC(=O)C(=O)c1ccc(C(C)(C)C)c([N+](=O)[O-])c1. The lowest BCUT2D eigenvalue weighted by molar-refractivity contribution is -0.386. The number of nitro benzene ring substituents is 1. The minimum Gasteiger partial charge on any atom is -0.460 e. The molecule has 0 amide bonds. The molecule has 108 valence electrons. The third-order valence-electron chi connectivity index (χ3n) is 2.73. The van der Waals surface area contributed by atoms with Crippen molar-refractivity contribution in [2.75, 3.05) is 6.61 Å². The van der Waals surface area contributed by atoms with Crippen LogP contribution in [0.3, 0.4) is 0 Å². The Balaban J connectivity index is 3.28. The number of rotatable bonds is 4. The topological polar surface area (TPSA) is 86.5 Å². The van der Waals surface area contributed by atoms with Gasteiger partial charge in [-0.3, -0.25) is 14.9 Å². The Labute approximate surface area is 116 Å². The van der Waals surface area contributed by atoms with Crippen molar-refractivity contribution in [3.63, 3.8) is 0 Å². The van der Waals surface area contributed by atoms with Gasteiger partial charge in [0, 0.05) is 17.2 Å². The molecule has 6 heteroatoms. The van der Waals surface area contributed by atoms with E-state index in [4.69, 9.17) is 0 Å². The van der Waals surface area contributed by atoms with Gasteiger partial charge in [-0.05, 0) is 18.4 Å². The van der Waals surface area contributed by atoms with Crippen LogP contribution in [0.15, 0.2) is 18.2 Å². The molecule has 0 heterocycles. The van der Waals surface area contributed by atoms with E-state index in [1.165, 1.54) is 12.1 Å². The van der Waals surface area contributed by atoms with Gasteiger partial charge in [0.15, 0.2) is 0 Å². The van der Waals surface area contributed by atoms with Crippen molar-refractivity contribution in [1.82, 2.24) is 0 Å². The molecule has 0 bridgehead atoms. The number of Topliss-reactive ketones (excluding diaryl/α,β-unsaturated/α-hetero) is 1. The first kappa shape index (κ1) is 15.8. The third-order valence-corrected chi connectivity index (χ3v) is 2.73. The van der Waals surface area contributed by atoms with Gasteiger partial charge in [-0.1, -0.05) is 26.8 Å². The molecule has 1 aromatic carbocycles. The van der Waals surface area contributed by atoms with E-state index >= 15 is 0 Å². The molecule has 0 aliphatic carbocycles. The normalized spacial score (nSPS) is 11.0. The summed E-state index contributed by atoms with van der Waals surface area (Å²) in [6.07, 6.45) is 0. The van der Waals surface area contributed by atoms with Crippen molar-refractivity contribution in [3.05, 3.63) is 39.4 Å². The van der Waals surface area contributed by atoms with Gasteiger partial charge in [0.2, 0.25) is 0 Å². The number of carbonyl (C=O) groups is 2. The van der Waals surface area contributed by atoms with E-state index in [2.05, 4.69) is 4.74 Å². The zero-order chi connectivity index (χ0) is 15.5. The summed E-state index contributed by atoms with van der Waals surface area (Å²) in [5.74, 6) is -1.89. The Morgan fingerprint density at radius 2 is 1.90 bits per heavy atom. The van der Waals surface area contributed by atoms with E-state index in [0.29, 0.717) is 5.56 Å². The van der Waals surface area contributed by atoms with Gasteiger partial charge in [0.1, 0.15) is 0 Å². The average Bonchev–Trinajstić information content (AvgIpc) is 2.36. The molecule has 0 N–H and O–H groups in total. The first-order chi connectivity index (χ1) is 9.18. The Morgan fingerprint density at radius 1 is 1.30 bits per heavy atom. The molecule has 0 aliphatic rings. The number of nitrogens with zero attached hydrogens (tertiary/aromatic N) is 1. The van der Waals surface area contributed by atoms with E-state index in [9.17, 15) is 19.7 Å². The summed E-state index contributed by atoms with van der Waals surface area (Å²) in [7, 11) is 0. The number of ether oxygens (including phenoxy) is 1. The maximum atomic E-state index is 11.8. The molecule has 0 spiro atoms. The molecule has 0 saturated carbocycles. The summed E-state index contributed by atoms with van der Waals surface area (Å²) in [4.78, 5) is 33.7. The van der Waals surface area contributed by atoms with Gasteiger partial charge in [-0.25, -0.2) is 4.79 Å². The highest BCUT2D eigenvalue weighted by Crippen LogP contribution is 2.31. The summed E-state index contributed by atoms with van der Waals surface area (Å²) >= 11 is 0. The van der Waals surface area contributed by atoms with Crippen molar-refractivity contribution >= 4 is 17.4 Å². The highest BCUT2D eigenvalue weighted by atomic mass is 16.6. The van der Waals surface area contributed by atoms with Gasteiger partial charge < -0.3 is 4.74 Å². The molecular weight excluding hydrogens is 262 g/mol. The fourth-order valence-corrected chi connectivity index (χ4v) is 1.77. The van der Waals surface area contributed by atoms with E-state index < -0.39 is 22.1 Å². The monoisotopic (exact) mass is 279 g/mol. The van der Waals surface area contributed by atoms with Crippen LogP contribution in [-0.4, -0.2) is 23.3 Å². The van der Waals surface area contributed by atoms with E-state index in [1.54, 1.807) is 6.92 Å². The zero-order valence-corrected chi connectivity index (χ0v) is 11.9. The van der Waals surface area contributed by atoms with E-state index in [0.717, 1.165) is 6.07 Å². The van der Waals surface area contributed by atoms with Gasteiger partial charge in [-0.2, -0.15) is 0 Å². The van der Waals surface area contributed by atoms with Crippen molar-refractivity contribution in [1.29, 1.82) is 0 Å². The summed E-state index contributed by atoms with van der Waals surface area (Å²) in [6, 6.07) is 4.04.